The van der Waals surface area contributed by atoms with Crippen LogP contribution in [-0.4, -0.2) is 17.4 Å². The Kier molecular flexibility index (Phi) is 3.38. The first-order valence-electron chi connectivity index (χ1n) is 8.03. The fraction of sp³-hybridized carbons (Fsp3) is 0.529. The van der Waals surface area contributed by atoms with Crippen molar-refractivity contribution in [1.29, 1.82) is 0 Å². The second-order valence-electron chi connectivity index (χ2n) is 7.21. The molecule has 4 aliphatic carbocycles. The van der Waals surface area contributed by atoms with Crippen molar-refractivity contribution in [2.24, 2.45) is 17.8 Å². The number of rotatable bonds is 2. The van der Waals surface area contributed by atoms with Crippen LogP contribution >= 0.6 is 11.6 Å². The zero-order valence-corrected chi connectivity index (χ0v) is 13.3. The van der Waals surface area contributed by atoms with Crippen LogP contribution in [0.4, 0.5) is 14.9 Å². The van der Waals surface area contributed by atoms with Gasteiger partial charge in [0.15, 0.2) is 0 Å². The third kappa shape index (κ3) is 2.51. The lowest BCUT2D eigenvalue weighted by Crippen LogP contribution is -2.63. The number of halogens is 2. The third-order valence-electron chi connectivity index (χ3n) is 5.57. The maximum atomic E-state index is 13.4. The molecule has 4 nitrogen and oxygen atoms in total. The minimum absolute atomic E-state index is 0.0941. The van der Waals surface area contributed by atoms with E-state index >= 15 is 0 Å². The molecule has 5 rings (SSSR count). The van der Waals surface area contributed by atoms with Crippen LogP contribution in [0.5, 0.6) is 0 Å². The summed E-state index contributed by atoms with van der Waals surface area (Å²) in [6.45, 7) is 0. The van der Waals surface area contributed by atoms with Gasteiger partial charge >= 0.3 is 6.03 Å². The van der Waals surface area contributed by atoms with Gasteiger partial charge < -0.3 is 10.6 Å². The monoisotopic (exact) mass is 336 g/mol. The van der Waals surface area contributed by atoms with Crippen molar-refractivity contribution in [3.05, 3.63) is 29.0 Å². The number of carbonyl (C=O) groups is 2. The van der Waals surface area contributed by atoms with Crippen molar-refractivity contribution in [3.8, 4) is 0 Å². The Bertz CT molecular complexity index is 675. The van der Waals surface area contributed by atoms with E-state index in [1.807, 2.05) is 0 Å². The number of anilines is 1. The second kappa shape index (κ2) is 5.20. The molecule has 4 bridgehead atoms. The Balaban J connectivity index is 1.49. The first-order chi connectivity index (χ1) is 11.0. The molecule has 1 aromatic carbocycles. The zero-order chi connectivity index (χ0) is 16.2. The fourth-order valence-electron chi connectivity index (χ4n) is 4.89. The predicted octanol–water partition coefficient (Wildman–Crippen LogP) is 3.75. The van der Waals surface area contributed by atoms with Crippen molar-refractivity contribution in [2.75, 3.05) is 5.32 Å². The van der Waals surface area contributed by atoms with E-state index in [2.05, 4.69) is 10.6 Å². The molecule has 0 spiro atoms. The van der Waals surface area contributed by atoms with Gasteiger partial charge in [0, 0.05) is 17.4 Å². The number of benzene rings is 1. The zero-order valence-electron chi connectivity index (χ0n) is 12.6. The van der Waals surface area contributed by atoms with Gasteiger partial charge in [-0.25, -0.2) is 9.18 Å². The van der Waals surface area contributed by atoms with Gasteiger partial charge in [0.2, 0.25) is 0 Å². The molecule has 2 atom stereocenters. The lowest BCUT2D eigenvalue weighted by Gasteiger charge is -2.55. The van der Waals surface area contributed by atoms with Crippen molar-refractivity contribution in [1.82, 2.24) is 5.32 Å². The molecule has 2 unspecified atom stereocenters. The topological polar surface area (TPSA) is 58.2 Å². The van der Waals surface area contributed by atoms with Gasteiger partial charge in [-0.1, -0.05) is 17.7 Å². The molecule has 4 aliphatic rings. The summed E-state index contributed by atoms with van der Waals surface area (Å²) in [4.78, 5) is 24.5. The number of hydrogen-bond donors (Lipinski definition) is 2. The van der Waals surface area contributed by atoms with Crippen LogP contribution in [0.1, 0.15) is 32.1 Å². The fourth-order valence-corrected chi connectivity index (χ4v) is 5.07. The Morgan fingerprint density at radius 1 is 1.22 bits per heavy atom. The van der Waals surface area contributed by atoms with Gasteiger partial charge in [0.25, 0.3) is 0 Å². The van der Waals surface area contributed by atoms with Crippen molar-refractivity contribution >= 4 is 29.1 Å². The largest absolute Gasteiger partial charge is 0.332 e. The van der Waals surface area contributed by atoms with E-state index in [0.717, 1.165) is 32.1 Å². The van der Waals surface area contributed by atoms with Crippen LogP contribution in [0.2, 0.25) is 5.02 Å². The summed E-state index contributed by atoms with van der Waals surface area (Å²) in [5.41, 5.74) is -0.0427. The molecular formula is C17H18ClFN2O2. The van der Waals surface area contributed by atoms with E-state index in [1.54, 1.807) is 6.07 Å². The van der Waals surface area contributed by atoms with Gasteiger partial charge in [0.05, 0.1) is 10.7 Å². The first kappa shape index (κ1) is 14.9. The highest BCUT2D eigenvalue weighted by Gasteiger charge is 2.55. The van der Waals surface area contributed by atoms with E-state index in [0.29, 0.717) is 11.7 Å². The molecule has 6 heteroatoms. The number of carbonyl (C=O) groups excluding carboxylic acids is 2. The number of urea groups is 1. The Morgan fingerprint density at radius 2 is 1.91 bits per heavy atom. The number of hydrogen-bond acceptors (Lipinski definition) is 2. The SMILES string of the molecule is O=C(Nc1cccc(F)c1Cl)NC12CC3CC(C1)C(=O)C(C3)C2. The second-order valence-corrected chi connectivity index (χ2v) is 7.58. The predicted molar refractivity (Wildman–Crippen MR) is 84.9 cm³/mol. The molecule has 0 aliphatic heterocycles. The molecule has 0 saturated heterocycles. The molecule has 0 radical (unpaired) electrons. The summed E-state index contributed by atoms with van der Waals surface area (Å²) in [5, 5.41) is 5.59. The molecule has 2 amide bonds. The quantitative estimate of drug-likeness (QED) is 0.864. The van der Waals surface area contributed by atoms with Gasteiger partial charge in [-0.3, -0.25) is 4.79 Å². The van der Waals surface area contributed by atoms with E-state index in [9.17, 15) is 14.0 Å². The normalized spacial score (nSPS) is 34.5. The minimum Gasteiger partial charge on any atom is -0.332 e. The smallest absolute Gasteiger partial charge is 0.319 e. The molecule has 0 aromatic heterocycles. The summed E-state index contributed by atoms with van der Waals surface area (Å²) >= 11 is 5.87. The number of ketones is 1. The molecule has 1 aromatic rings. The van der Waals surface area contributed by atoms with Gasteiger partial charge in [0.1, 0.15) is 11.6 Å². The average Bonchev–Trinajstić information content (AvgIpc) is 2.48. The molecule has 23 heavy (non-hydrogen) atoms. The molecule has 4 saturated carbocycles. The first-order valence-corrected chi connectivity index (χ1v) is 8.40. The molecule has 4 fully saturated rings. The Hall–Kier alpha value is -1.62. The van der Waals surface area contributed by atoms with Gasteiger partial charge in [-0.15, -0.1) is 0 Å². The van der Waals surface area contributed by atoms with Crippen LogP contribution in [0.25, 0.3) is 0 Å². The van der Waals surface area contributed by atoms with Crippen LogP contribution in [0.15, 0.2) is 18.2 Å². The summed E-state index contributed by atoms with van der Waals surface area (Å²) in [6, 6.07) is 3.93. The molecule has 0 heterocycles. The summed E-state index contributed by atoms with van der Waals surface area (Å²) in [5.74, 6) is 0.540. The molecule has 122 valence electrons. The van der Waals surface area contributed by atoms with E-state index in [4.69, 9.17) is 11.6 Å². The molecule has 2 N–H and O–H groups in total. The number of amides is 2. The Labute approximate surface area is 138 Å². The lowest BCUT2D eigenvalue weighted by molar-refractivity contribution is -0.142. The average molecular weight is 337 g/mol. The highest BCUT2D eigenvalue weighted by molar-refractivity contribution is 6.33. The van der Waals surface area contributed by atoms with E-state index in [1.165, 1.54) is 12.1 Å². The standard InChI is InChI=1S/C17H18ClFN2O2/c18-14-12(19)2-1-3-13(14)20-16(23)21-17-6-9-4-10(7-17)15(22)11(5-9)8-17/h1-3,9-11H,4-8H2,(H2,20,21,23). The van der Waals surface area contributed by atoms with Crippen LogP contribution in [0.3, 0.4) is 0 Å². The maximum absolute atomic E-state index is 13.4. The lowest BCUT2D eigenvalue weighted by atomic mass is 9.52. The highest BCUT2D eigenvalue weighted by atomic mass is 35.5. The highest BCUT2D eigenvalue weighted by Crippen LogP contribution is 2.54. The maximum Gasteiger partial charge on any atom is 0.319 e. The number of Topliss-reactive ketones (excluding diaryl/α,β-unsaturated/α-hetero) is 1. The summed E-state index contributed by atoms with van der Waals surface area (Å²) < 4.78 is 13.4. The van der Waals surface area contributed by atoms with Crippen LogP contribution in [-0.2, 0) is 4.79 Å². The van der Waals surface area contributed by atoms with Crippen LogP contribution < -0.4 is 10.6 Å². The third-order valence-corrected chi connectivity index (χ3v) is 5.96. The van der Waals surface area contributed by atoms with Crippen molar-refractivity contribution in [3.63, 3.8) is 0 Å². The van der Waals surface area contributed by atoms with Gasteiger partial charge in [-0.05, 0) is 50.2 Å². The van der Waals surface area contributed by atoms with Gasteiger partial charge in [-0.2, -0.15) is 0 Å². The minimum atomic E-state index is -0.565. The van der Waals surface area contributed by atoms with Crippen LogP contribution in [0, 0.1) is 23.6 Å². The number of nitrogens with one attached hydrogen (secondary N) is 2. The van der Waals surface area contributed by atoms with E-state index < -0.39 is 5.82 Å². The summed E-state index contributed by atoms with van der Waals surface area (Å²) in [6.07, 6.45) is 4.32. The Morgan fingerprint density at radius 3 is 2.61 bits per heavy atom. The molecular weight excluding hydrogens is 319 g/mol. The summed E-state index contributed by atoms with van der Waals surface area (Å²) in [7, 11) is 0. The van der Waals surface area contributed by atoms with Crippen molar-refractivity contribution < 1.29 is 14.0 Å². The van der Waals surface area contributed by atoms with E-state index in [-0.39, 0.29) is 34.1 Å². The van der Waals surface area contributed by atoms with Crippen molar-refractivity contribution in [2.45, 2.75) is 37.6 Å².